The molecular formula is C17H16ClN3O7. The van der Waals surface area contributed by atoms with Crippen molar-refractivity contribution in [3.63, 3.8) is 0 Å². The Labute approximate surface area is 163 Å². The number of amides is 1. The van der Waals surface area contributed by atoms with Crippen LogP contribution in [0.5, 0.6) is 0 Å². The molecule has 0 aliphatic heterocycles. The van der Waals surface area contributed by atoms with Gasteiger partial charge in [0, 0.05) is 24.2 Å². The van der Waals surface area contributed by atoms with E-state index in [-0.39, 0.29) is 25.2 Å². The summed E-state index contributed by atoms with van der Waals surface area (Å²) in [6.07, 6.45) is -0.349. The van der Waals surface area contributed by atoms with Gasteiger partial charge in [0.2, 0.25) is 0 Å². The first-order valence-corrected chi connectivity index (χ1v) is 8.34. The molecule has 2 aromatic rings. The summed E-state index contributed by atoms with van der Waals surface area (Å²) >= 11 is 6.09. The molecular weight excluding hydrogens is 394 g/mol. The van der Waals surface area contributed by atoms with Crippen molar-refractivity contribution in [1.82, 2.24) is 14.7 Å². The lowest BCUT2D eigenvalue weighted by atomic mass is 10.2. The van der Waals surface area contributed by atoms with E-state index in [4.69, 9.17) is 21.8 Å². The number of benzene rings is 1. The van der Waals surface area contributed by atoms with E-state index >= 15 is 0 Å². The number of rotatable bonds is 9. The van der Waals surface area contributed by atoms with E-state index in [1.807, 2.05) is 0 Å². The van der Waals surface area contributed by atoms with Gasteiger partial charge in [-0.05, 0) is 11.6 Å². The highest BCUT2D eigenvalue weighted by molar-refractivity contribution is 6.31. The van der Waals surface area contributed by atoms with E-state index in [0.717, 1.165) is 11.0 Å². The van der Waals surface area contributed by atoms with E-state index in [0.29, 0.717) is 15.3 Å². The van der Waals surface area contributed by atoms with Crippen molar-refractivity contribution in [3.8, 4) is 0 Å². The van der Waals surface area contributed by atoms with Crippen molar-refractivity contribution in [1.29, 1.82) is 0 Å². The van der Waals surface area contributed by atoms with Crippen molar-refractivity contribution < 1.29 is 34.5 Å². The van der Waals surface area contributed by atoms with E-state index in [1.165, 1.54) is 0 Å². The fourth-order valence-electron chi connectivity index (χ4n) is 2.42. The van der Waals surface area contributed by atoms with E-state index in [1.54, 1.807) is 24.3 Å². The van der Waals surface area contributed by atoms with Gasteiger partial charge in [0.05, 0.1) is 6.42 Å². The third-order valence-electron chi connectivity index (χ3n) is 3.71. The monoisotopic (exact) mass is 409 g/mol. The first kappa shape index (κ1) is 20.9. The van der Waals surface area contributed by atoms with Gasteiger partial charge in [-0.2, -0.15) is 5.10 Å². The Balaban J connectivity index is 2.35. The van der Waals surface area contributed by atoms with Crippen LogP contribution in [0.25, 0.3) is 0 Å². The minimum atomic E-state index is -1.45. The summed E-state index contributed by atoms with van der Waals surface area (Å²) < 4.78 is 0.683. The second kappa shape index (κ2) is 9.00. The molecule has 1 aromatic heterocycles. The maximum Gasteiger partial charge on any atom is 0.354 e. The van der Waals surface area contributed by atoms with Crippen LogP contribution in [0.4, 0.5) is 0 Å². The average Bonchev–Trinajstić information content (AvgIpc) is 3.02. The van der Waals surface area contributed by atoms with Crippen LogP contribution >= 0.6 is 11.6 Å². The molecule has 0 aliphatic rings. The summed E-state index contributed by atoms with van der Waals surface area (Å²) in [5.41, 5.74) is -0.218. The first-order chi connectivity index (χ1) is 13.2. The van der Waals surface area contributed by atoms with Gasteiger partial charge in [-0.25, -0.2) is 9.48 Å². The van der Waals surface area contributed by atoms with Crippen LogP contribution in [0.3, 0.4) is 0 Å². The largest absolute Gasteiger partial charge is 0.481 e. The third-order valence-corrected chi connectivity index (χ3v) is 4.07. The number of carboxylic acids is 3. The second-order valence-electron chi connectivity index (χ2n) is 5.73. The molecule has 1 heterocycles. The molecule has 0 atom stereocenters. The normalized spacial score (nSPS) is 10.5. The Morgan fingerprint density at radius 3 is 2.32 bits per heavy atom. The molecule has 3 N–H and O–H groups in total. The Kier molecular flexibility index (Phi) is 6.72. The molecule has 0 bridgehead atoms. The molecule has 0 unspecified atom stereocenters. The SMILES string of the molecule is O=C(O)CCN(Cc1ccccc1Cl)C(=O)c1cc(C(=O)O)n(CC(=O)O)n1. The van der Waals surface area contributed by atoms with Crippen LogP contribution in [0.1, 0.15) is 33.0 Å². The molecule has 0 saturated heterocycles. The fraction of sp³-hybridized carbons (Fsp3) is 0.235. The van der Waals surface area contributed by atoms with Crippen LogP contribution in [-0.2, 0) is 22.7 Å². The van der Waals surface area contributed by atoms with Gasteiger partial charge in [-0.3, -0.25) is 14.4 Å². The molecule has 2 rings (SSSR count). The Morgan fingerprint density at radius 2 is 1.75 bits per heavy atom. The fourth-order valence-corrected chi connectivity index (χ4v) is 2.61. The molecule has 10 nitrogen and oxygen atoms in total. The number of aliphatic carboxylic acids is 2. The number of hydrogen-bond acceptors (Lipinski definition) is 5. The van der Waals surface area contributed by atoms with Crippen LogP contribution in [0, 0.1) is 0 Å². The van der Waals surface area contributed by atoms with Crippen molar-refractivity contribution >= 4 is 35.4 Å². The lowest BCUT2D eigenvalue weighted by Gasteiger charge is -2.21. The van der Waals surface area contributed by atoms with E-state index in [9.17, 15) is 24.3 Å². The number of carboxylic acid groups (broad SMARTS) is 3. The number of nitrogens with zero attached hydrogens (tertiary/aromatic N) is 3. The van der Waals surface area contributed by atoms with Crippen LogP contribution in [0.2, 0.25) is 5.02 Å². The standard InChI is InChI=1S/C17H16ClN3O7/c18-11-4-2-1-3-10(11)8-20(6-5-14(22)23)16(26)12-7-13(17(27)28)21(19-12)9-15(24)25/h1-4,7H,5-6,8-9H2,(H,22,23)(H,24,25)(H,27,28). The molecule has 1 aromatic carbocycles. The van der Waals surface area contributed by atoms with E-state index < -0.39 is 36.1 Å². The van der Waals surface area contributed by atoms with Gasteiger partial charge in [-0.1, -0.05) is 29.8 Å². The highest BCUT2D eigenvalue weighted by Gasteiger charge is 2.25. The predicted molar refractivity (Wildman–Crippen MR) is 95.3 cm³/mol. The second-order valence-corrected chi connectivity index (χ2v) is 6.14. The Morgan fingerprint density at radius 1 is 1.07 bits per heavy atom. The van der Waals surface area contributed by atoms with Gasteiger partial charge in [0.25, 0.3) is 5.91 Å². The van der Waals surface area contributed by atoms with Crippen LogP contribution < -0.4 is 0 Å². The molecule has 0 spiro atoms. The summed E-state index contributed by atoms with van der Waals surface area (Å²) in [5.74, 6) is -4.65. The minimum Gasteiger partial charge on any atom is -0.481 e. The third kappa shape index (κ3) is 5.30. The van der Waals surface area contributed by atoms with Gasteiger partial charge < -0.3 is 20.2 Å². The quantitative estimate of drug-likeness (QED) is 0.562. The number of carbonyl (C=O) groups is 4. The number of aromatic nitrogens is 2. The van der Waals surface area contributed by atoms with Crippen molar-refractivity contribution in [3.05, 3.63) is 52.3 Å². The van der Waals surface area contributed by atoms with Crippen molar-refractivity contribution in [2.45, 2.75) is 19.5 Å². The summed E-state index contributed by atoms with van der Waals surface area (Å²) in [5, 5.41) is 31.1. The van der Waals surface area contributed by atoms with Gasteiger partial charge in [-0.15, -0.1) is 0 Å². The van der Waals surface area contributed by atoms with Crippen LogP contribution in [-0.4, -0.2) is 60.4 Å². The minimum absolute atomic E-state index is 0.0278. The lowest BCUT2D eigenvalue weighted by molar-refractivity contribution is -0.138. The van der Waals surface area contributed by atoms with Gasteiger partial charge in [0.1, 0.15) is 12.2 Å². The maximum atomic E-state index is 12.8. The molecule has 0 radical (unpaired) electrons. The van der Waals surface area contributed by atoms with Gasteiger partial charge in [0.15, 0.2) is 5.69 Å². The zero-order valence-electron chi connectivity index (χ0n) is 14.4. The predicted octanol–water partition coefficient (Wildman–Crippen LogP) is 1.44. The summed E-state index contributed by atoms with van der Waals surface area (Å²) in [6.45, 7) is -0.942. The smallest absolute Gasteiger partial charge is 0.354 e. The highest BCUT2D eigenvalue weighted by atomic mass is 35.5. The topological polar surface area (TPSA) is 150 Å². The lowest BCUT2D eigenvalue weighted by Crippen LogP contribution is -2.33. The number of halogens is 1. The highest BCUT2D eigenvalue weighted by Crippen LogP contribution is 2.19. The Bertz CT molecular complexity index is 925. The average molecular weight is 410 g/mol. The van der Waals surface area contributed by atoms with Crippen molar-refractivity contribution in [2.24, 2.45) is 0 Å². The number of hydrogen-bond donors (Lipinski definition) is 3. The summed E-state index contributed by atoms with van der Waals surface area (Å²) in [7, 11) is 0. The maximum absolute atomic E-state index is 12.8. The zero-order valence-corrected chi connectivity index (χ0v) is 15.2. The summed E-state index contributed by atoms with van der Waals surface area (Å²) in [6, 6.07) is 7.62. The van der Waals surface area contributed by atoms with Gasteiger partial charge >= 0.3 is 17.9 Å². The number of aromatic carboxylic acids is 1. The molecule has 0 fully saturated rings. The Hall–Kier alpha value is -3.40. The summed E-state index contributed by atoms with van der Waals surface area (Å²) in [4.78, 5) is 47.1. The number of carbonyl (C=O) groups excluding carboxylic acids is 1. The molecule has 1 amide bonds. The zero-order chi connectivity index (χ0) is 20.8. The molecule has 28 heavy (non-hydrogen) atoms. The molecule has 11 heteroatoms. The van der Waals surface area contributed by atoms with Crippen molar-refractivity contribution in [2.75, 3.05) is 6.54 Å². The van der Waals surface area contributed by atoms with E-state index in [2.05, 4.69) is 5.10 Å². The molecule has 0 aliphatic carbocycles. The molecule has 148 valence electrons. The first-order valence-electron chi connectivity index (χ1n) is 7.96. The molecule has 0 saturated carbocycles. The van der Waals surface area contributed by atoms with Crippen LogP contribution in [0.15, 0.2) is 30.3 Å².